The third-order valence-electron chi connectivity index (χ3n) is 3.72. The molecule has 0 aromatic rings. The summed E-state index contributed by atoms with van der Waals surface area (Å²) in [5.74, 6) is 0.641. The van der Waals surface area contributed by atoms with Crippen molar-refractivity contribution in [3.05, 3.63) is 0 Å². The van der Waals surface area contributed by atoms with Crippen LogP contribution in [0.1, 0.15) is 26.2 Å². The van der Waals surface area contributed by atoms with Crippen molar-refractivity contribution in [2.45, 2.75) is 38.3 Å². The Bertz CT molecular complexity index is 180. The van der Waals surface area contributed by atoms with Crippen LogP contribution in [-0.2, 0) is 4.74 Å². The summed E-state index contributed by atoms with van der Waals surface area (Å²) in [5.41, 5.74) is 0. The van der Waals surface area contributed by atoms with Gasteiger partial charge in [-0.05, 0) is 31.7 Å². The highest BCUT2D eigenvalue weighted by atomic mass is 16.5. The average Bonchev–Trinajstić information content (AvgIpc) is 2.61. The van der Waals surface area contributed by atoms with Gasteiger partial charge in [0.25, 0.3) is 0 Å². The van der Waals surface area contributed by atoms with Crippen LogP contribution in [0.25, 0.3) is 0 Å². The van der Waals surface area contributed by atoms with E-state index in [1.54, 1.807) is 0 Å². The van der Waals surface area contributed by atoms with Crippen molar-refractivity contribution in [3.8, 4) is 0 Å². The number of hydrogen-bond donors (Lipinski definition) is 1. The zero-order valence-corrected chi connectivity index (χ0v) is 8.98. The van der Waals surface area contributed by atoms with Crippen molar-refractivity contribution in [2.75, 3.05) is 26.4 Å². The molecule has 2 fully saturated rings. The number of aliphatic hydroxyl groups excluding tert-OH is 1. The Balaban J connectivity index is 1.95. The molecule has 0 spiro atoms. The van der Waals surface area contributed by atoms with E-state index < -0.39 is 0 Å². The molecule has 2 rings (SSSR count). The summed E-state index contributed by atoms with van der Waals surface area (Å²) in [6.07, 6.45) is 3.64. The van der Waals surface area contributed by atoms with Crippen molar-refractivity contribution in [1.82, 2.24) is 4.90 Å². The summed E-state index contributed by atoms with van der Waals surface area (Å²) in [5, 5.41) is 9.36. The van der Waals surface area contributed by atoms with Crippen LogP contribution >= 0.6 is 0 Å². The first-order chi connectivity index (χ1) is 6.83. The van der Waals surface area contributed by atoms with Gasteiger partial charge < -0.3 is 9.84 Å². The molecule has 2 aliphatic rings. The number of nitrogens with zero attached hydrogens (tertiary/aromatic N) is 1. The highest BCUT2D eigenvalue weighted by Gasteiger charge is 2.35. The molecule has 0 aliphatic carbocycles. The van der Waals surface area contributed by atoms with Gasteiger partial charge >= 0.3 is 0 Å². The van der Waals surface area contributed by atoms with E-state index in [1.807, 2.05) is 0 Å². The molecule has 0 saturated carbocycles. The minimum Gasteiger partial charge on any atom is -0.395 e. The Hall–Kier alpha value is -0.120. The fourth-order valence-electron chi connectivity index (χ4n) is 2.76. The molecule has 3 nitrogen and oxygen atoms in total. The van der Waals surface area contributed by atoms with Crippen molar-refractivity contribution in [2.24, 2.45) is 5.92 Å². The topological polar surface area (TPSA) is 32.7 Å². The highest BCUT2D eigenvalue weighted by molar-refractivity contribution is 4.89. The first-order valence-corrected chi connectivity index (χ1v) is 5.77. The fourth-order valence-corrected chi connectivity index (χ4v) is 2.76. The van der Waals surface area contributed by atoms with Gasteiger partial charge in [-0.25, -0.2) is 0 Å². The summed E-state index contributed by atoms with van der Waals surface area (Å²) >= 11 is 0. The zero-order chi connectivity index (χ0) is 9.97. The van der Waals surface area contributed by atoms with E-state index in [0.29, 0.717) is 24.6 Å². The zero-order valence-electron chi connectivity index (χ0n) is 8.98. The number of aliphatic hydroxyl groups is 1. The average molecular weight is 199 g/mol. The molecule has 82 valence electrons. The van der Waals surface area contributed by atoms with E-state index in [9.17, 15) is 5.11 Å². The van der Waals surface area contributed by atoms with E-state index in [0.717, 1.165) is 19.8 Å². The van der Waals surface area contributed by atoms with E-state index in [-0.39, 0.29) is 0 Å². The predicted octanol–water partition coefficient (Wildman–Crippen LogP) is 0.868. The molecule has 0 aromatic heterocycles. The van der Waals surface area contributed by atoms with E-state index in [2.05, 4.69) is 11.8 Å². The Morgan fingerprint density at radius 2 is 2.29 bits per heavy atom. The number of ether oxygens (including phenoxy) is 1. The van der Waals surface area contributed by atoms with Crippen LogP contribution in [0.3, 0.4) is 0 Å². The molecule has 3 atom stereocenters. The molecule has 2 heterocycles. The third-order valence-corrected chi connectivity index (χ3v) is 3.72. The second kappa shape index (κ2) is 4.60. The molecule has 0 amide bonds. The summed E-state index contributed by atoms with van der Waals surface area (Å²) in [7, 11) is 0. The summed E-state index contributed by atoms with van der Waals surface area (Å²) in [6.45, 7) is 5.47. The van der Waals surface area contributed by atoms with Crippen LogP contribution in [0, 0.1) is 5.92 Å². The van der Waals surface area contributed by atoms with Gasteiger partial charge in [0.1, 0.15) is 0 Å². The number of rotatable bonds is 2. The smallest absolute Gasteiger partial charge is 0.0621 e. The normalized spacial score (nSPS) is 40.3. The minimum absolute atomic E-state index is 0.303. The molecule has 2 aliphatic heterocycles. The SMILES string of the molecule is CC1CCN(C2CCCOC2)C1CO. The Labute approximate surface area is 86.0 Å². The largest absolute Gasteiger partial charge is 0.395 e. The van der Waals surface area contributed by atoms with Crippen LogP contribution in [-0.4, -0.2) is 48.5 Å². The van der Waals surface area contributed by atoms with Gasteiger partial charge in [-0.1, -0.05) is 6.92 Å². The number of likely N-dealkylation sites (tertiary alicyclic amines) is 1. The second-order valence-electron chi connectivity index (χ2n) is 4.62. The quantitative estimate of drug-likeness (QED) is 0.716. The van der Waals surface area contributed by atoms with Crippen molar-refractivity contribution >= 4 is 0 Å². The van der Waals surface area contributed by atoms with Crippen LogP contribution in [0.2, 0.25) is 0 Å². The molecule has 14 heavy (non-hydrogen) atoms. The highest BCUT2D eigenvalue weighted by Crippen LogP contribution is 2.28. The Kier molecular flexibility index (Phi) is 3.42. The summed E-state index contributed by atoms with van der Waals surface area (Å²) < 4.78 is 5.50. The van der Waals surface area contributed by atoms with Crippen molar-refractivity contribution < 1.29 is 9.84 Å². The lowest BCUT2D eigenvalue weighted by Gasteiger charge is -2.35. The van der Waals surface area contributed by atoms with Crippen LogP contribution in [0.15, 0.2) is 0 Å². The maximum Gasteiger partial charge on any atom is 0.0621 e. The maximum absolute atomic E-state index is 9.36. The van der Waals surface area contributed by atoms with Crippen molar-refractivity contribution in [3.63, 3.8) is 0 Å². The van der Waals surface area contributed by atoms with E-state index in [1.165, 1.54) is 19.3 Å². The molecule has 1 N–H and O–H groups in total. The minimum atomic E-state index is 0.303. The fraction of sp³-hybridized carbons (Fsp3) is 1.00. The van der Waals surface area contributed by atoms with Gasteiger partial charge in [0.05, 0.1) is 13.2 Å². The third kappa shape index (κ3) is 1.95. The van der Waals surface area contributed by atoms with E-state index in [4.69, 9.17) is 4.74 Å². The van der Waals surface area contributed by atoms with Crippen LogP contribution in [0.4, 0.5) is 0 Å². The second-order valence-corrected chi connectivity index (χ2v) is 4.62. The predicted molar refractivity (Wildman–Crippen MR) is 55.2 cm³/mol. The maximum atomic E-state index is 9.36. The monoisotopic (exact) mass is 199 g/mol. The molecule has 3 heteroatoms. The number of hydrogen-bond acceptors (Lipinski definition) is 3. The van der Waals surface area contributed by atoms with Gasteiger partial charge in [0.15, 0.2) is 0 Å². The van der Waals surface area contributed by atoms with Gasteiger partial charge in [-0.2, -0.15) is 0 Å². The lowest BCUT2D eigenvalue weighted by atomic mass is 10.0. The molecular weight excluding hydrogens is 178 g/mol. The Morgan fingerprint density at radius 1 is 1.43 bits per heavy atom. The summed E-state index contributed by atoms with van der Waals surface area (Å²) in [4.78, 5) is 2.46. The molecule has 0 aromatic carbocycles. The molecule has 0 radical (unpaired) electrons. The first kappa shape index (κ1) is 10.4. The lowest BCUT2D eigenvalue weighted by molar-refractivity contribution is -0.000471. The van der Waals surface area contributed by atoms with Crippen LogP contribution in [0.5, 0.6) is 0 Å². The molecular formula is C11H21NO2. The molecule has 0 bridgehead atoms. The van der Waals surface area contributed by atoms with Gasteiger partial charge in [0, 0.05) is 18.7 Å². The standard InChI is InChI=1S/C11H21NO2/c1-9-4-5-12(11(9)7-13)10-3-2-6-14-8-10/h9-11,13H,2-8H2,1H3. The Morgan fingerprint density at radius 3 is 2.93 bits per heavy atom. The summed E-state index contributed by atoms with van der Waals surface area (Å²) in [6, 6.07) is 0.938. The molecule has 3 unspecified atom stereocenters. The lowest BCUT2D eigenvalue weighted by Crippen LogP contribution is -2.46. The van der Waals surface area contributed by atoms with Crippen LogP contribution < -0.4 is 0 Å². The van der Waals surface area contributed by atoms with Gasteiger partial charge in [-0.3, -0.25) is 4.90 Å². The molecule has 2 saturated heterocycles. The van der Waals surface area contributed by atoms with E-state index >= 15 is 0 Å². The van der Waals surface area contributed by atoms with Gasteiger partial charge in [-0.15, -0.1) is 0 Å². The van der Waals surface area contributed by atoms with Crippen molar-refractivity contribution in [1.29, 1.82) is 0 Å². The first-order valence-electron chi connectivity index (χ1n) is 5.77. The van der Waals surface area contributed by atoms with Gasteiger partial charge in [0.2, 0.25) is 0 Å².